The Hall–Kier alpha value is -2.76. The summed E-state index contributed by atoms with van der Waals surface area (Å²) in [5.41, 5.74) is 2.40. The van der Waals surface area contributed by atoms with Gasteiger partial charge < -0.3 is 19.1 Å². The van der Waals surface area contributed by atoms with E-state index in [-0.39, 0.29) is 18.1 Å². The second kappa shape index (κ2) is 7.64. The topological polar surface area (TPSA) is 48.0 Å². The first kappa shape index (κ1) is 18.0. The first-order valence-corrected chi connectivity index (χ1v) is 8.45. The zero-order chi connectivity index (χ0) is 18.7. The maximum absolute atomic E-state index is 13.7. The third kappa shape index (κ3) is 3.45. The Labute approximate surface area is 152 Å². The molecule has 0 aromatic heterocycles. The van der Waals surface area contributed by atoms with Crippen molar-refractivity contribution in [1.29, 1.82) is 0 Å². The van der Waals surface area contributed by atoms with E-state index < -0.39 is 0 Å². The fraction of sp³-hybridized carbons (Fsp3) is 0.350. The SMILES string of the molecule is COc1cc(CC(=O)N2CCCc3ccc(F)cc32)cc(OC)c1OC. The van der Waals surface area contributed by atoms with Gasteiger partial charge in [-0.1, -0.05) is 6.07 Å². The zero-order valence-electron chi connectivity index (χ0n) is 15.2. The number of nitrogens with zero attached hydrogens (tertiary/aromatic N) is 1. The van der Waals surface area contributed by atoms with Gasteiger partial charge >= 0.3 is 0 Å². The van der Waals surface area contributed by atoms with Gasteiger partial charge in [-0.05, 0) is 48.2 Å². The van der Waals surface area contributed by atoms with Crippen LogP contribution in [-0.2, 0) is 17.6 Å². The van der Waals surface area contributed by atoms with E-state index in [0.717, 1.165) is 24.0 Å². The molecule has 1 aliphatic rings. The number of carbonyl (C=O) groups is 1. The number of carbonyl (C=O) groups excluding carboxylic acids is 1. The second-order valence-electron chi connectivity index (χ2n) is 6.13. The number of amides is 1. The molecule has 3 rings (SSSR count). The number of hydrogen-bond acceptors (Lipinski definition) is 4. The molecule has 2 aromatic rings. The molecule has 0 atom stereocenters. The van der Waals surface area contributed by atoms with Crippen molar-refractivity contribution in [3.05, 3.63) is 47.3 Å². The first-order chi connectivity index (χ1) is 12.6. The van der Waals surface area contributed by atoms with Crippen LogP contribution in [-0.4, -0.2) is 33.8 Å². The van der Waals surface area contributed by atoms with Crippen LogP contribution >= 0.6 is 0 Å². The van der Waals surface area contributed by atoms with Gasteiger partial charge in [0, 0.05) is 12.2 Å². The third-order valence-corrected chi connectivity index (χ3v) is 4.55. The number of ether oxygens (including phenoxy) is 3. The van der Waals surface area contributed by atoms with Gasteiger partial charge in [0.2, 0.25) is 11.7 Å². The highest BCUT2D eigenvalue weighted by Gasteiger charge is 2.24. The highest BCUT2D eigenvalue weighted by Crippen LogP contribution is 2.38. The van der Waals surface area contributed by atoms with Crippen LogP contribution in [0.1, 0.15) is 17.5 Å². The average Bonchev–Trinajstić information content (AvgIpc) is 2.66. The Bertz CT molecular complexity index is 796. The molecule has 6 heteroatoms. The molecule has 26 heavy (non-hydrogen) atoms. The fourth-order valence-electron chi connectivity index (χ4n) is 3.31. The van der Waals surface area contributed by atoms with Crippen LogP contribution in [0, 0.1) is 5.82 Å². The van der Waals surface area contributed by atoms with Gasteiger partial charge in [0.15, 0.2) is 11.5 Å². The van der Waals surface area contributed by atoms with E-state index in [1.807, 2.05) is 0 Å². The summed E-state index contributed by atoms with van der Waals surface area (Å²) in [6, 6.07) is 8.14. The van der Waals surface area contributed by atoms with Crippen molar-refractivity contribution in [2.75, 3.05) is 32.8 Å². The number of benzene rings is 2. The number of methoxy groups -OCH3 is 3. The lowest BCUT2D eigenvalue weighted by Crippen LogP contribution is -2.36. The zero-order valence-corrected chi connectivity index (χ0v) is 15.2. The summed E-state index contributed by atoms with van der Waals surface area (Å²) in [5.74, 6) is 1.05. The fourth-order valence-corrected chi connectivity index (χ4v) is 3.31. The quantitative estimate of drug-likeness (QED) is 0.821. The highest BCUT2D eigenvalue weighted by atomic mass is 19.1. The summed E-state index contributed by atoms with van der Waals surface area (Å²) >= 11 is 0. The van der Waals surface area contributed by atoms with Gasteiger partial charge in [-0.15, -0.1) is 0 Å². The molecule has 2 aromatic carbocycles. The van der Waals surface area contributed by atoms with Gasteiger partial charge in [0.05, 0.1) is 27.8 Å². The summed E-state index contributed by atoms with van der Waals surface area (Å²) in [6.07, 6.45) is 1.87. The summed E-state index contributed by atoms with van der Waals surface area (Å²) in [7, 11) is 4.60. The molecule has 1 aliphatic heterocycles. The third-order valence-electron chi connectivity index (χ3n) is 4.55. The predicted octanol–water partition coefficient (Wildman–Crippen LogP) is 3.37. The normalized spacial score (nSPS) is 13.2. The van der Waals surface area contributed by atoms with Crippen molar-refractivity contribution in [2.24, 2.45) is 0 Å². The van der Waals surface area contributed by atoms with Crippen molar-refractivity contribution in [3.8, 4) is 17.2 Å². The molecule has 0 saturated carbocycles. The van der Waals surface area contributed by atoms with E-state index in [1.165, 1.54) is 33.5 Å². The van der Waals surface area contributed by atoms with Crippen LogP contribution in [0.2, 0.25) is 0 Å². The van der Waals surface area contributed by atoms with Crippen LogP contribution in [0.25, 0.3) is 0 Å². The molecule has 0 saturated heterocycles. The van der Waals surface area contributed by atoms with E-state index in [0.29, 0.717) is 29.5 Å². The molecule has 0 unspecified atom stereocenters. The van der Waals surface area contributed by atoms with Gasteiger partial charge in [-0.25, -0.2) is 4.39 Å². The smallest absolute Gasteiger partial charge is 0.231 e. The average molecular weight is 359 g/mol. The molecular formula is C20H22FNO4. The molecular weight excluding hydrogens is 337 g/mol. The van der Waals surface area contributed by atoms with E-state index in [4.69, 9.17) is 14.2 Å². The molecule has 0 radical (unpaired) electrons. The van der Waals surface area contributed by atoms with E-state index in [1.54, 1.807) is 23.1 Å². The Morgan fingerprint density at radius 3 is 2.38 bits per heavy atom. The second-order valence-corrected chi connectivity index (χ2v) is 6.13. The molecule has 0 fully saturated rings. The van der Waals surface area contributed by atoms with Crippen LogP contribution < -0.4 is 19.1 Å². The van der Waals surface area contributed by atoms with Crippen molar-refractivity contribution >= 4 is 11.6 Å². The molecule has 5 nitrogen and oxygen atoms in total. The number of rotatable bonds is 5. The molecule has 0 aliphatic carbocycles. The van der Waals surface area contributed by atoms with Crippen LogP contribution in [0.4, 0.5) is 10.1 Å². The van der Waals surface area contributed by atoms with E-state index >= 15 is 0 Å². The minimum absolute atomic E-state index is 0.0918. The largest absolute Gasteiger partial charge is 0.493 e. The summed E-state index contributed by atoms with van der Waals surface area (Å²) < 4.78 is 29.6. The maximum atomic E-state index is 13.7. The van der Waals surface area contributed by atoms with Crippen molar-refractivity contribution in [3.63, 3.8) is 0 Å². The van der Waals surface area contributed by atoms with Crippen LogP contribution in [0.3, 0.4) is 0 Å². The Morgan fingerprint density at radius 2 is 1.77 bits per heavy atom. The van der Waals surface area contributed by atoms with Crippen LogP contribution in [0.15, 0.2) is 30.3 Å². The van der Waals surface area contributed by atoms with Crippen molar-refractivity contribution < 1.29 is 23.4 Å². The minimum Gasteiger partial charge on any atom is -0.493 e. The first-order valence-electron chi connectivity index (χ1n) is 8.45. The van der Waals surface area contributed by atoms with Gasteiger partial charge in [-0.2, -0.15) is 0 Å². The summed E-state index contributed by atoms with van der Waals surface area (Å²) in [6.45, 7) is 0.583. The molecule has 1 amide bonds. The molecule has 1 heterocycles. The molecule has 0 bridgehead atoms. The Kier molecular flexibility index (Phi) is 5.30. The lowest BCUT2D eigenvalue weighted by Gasteiger charge is -2.29. The number of fused-ring (bicyclic) bond motifs is 1. The molecule has 0 spiro atoms. The number of halogens is 1. The standard InChI is InChI=1S/C20H22FNO4/c1-24-17-9-13(10-18(25-2)20(17)26-3)11-19(23)22-8-4-5-14-6-7-15(21)12-16(14)22/h6-7,9-10,12H,4-5,8,11H2,1-3H3. The Morgan fingerprint density at radius 1 is 1.08 bits per heavy atom. The van der Waals surface area contributed by atoms with Crippen molar-refractivity contribution in [2.45, 2.75) is 19.3 Å². The lowest BCUT2D eigenvalue weighted by molar-refractivity contribution is -0.118. The minimum atomic E-state index is -0.337. The number of hydrogen-bond donors (Lipinski definition) is 0. The summed E-state index contributed by atoms with van der Waals surface area (Å²) in [5, 5.41) is 0. The van der Waals surface area contributed by atoms with Gasteiger partial charge in [0.1, 0.15) is 5.82 Å². The molecule has 138 valence electrons. The van der Waals surface area contributed by atoms with E-state index in [9.17, 15) is 9.18 Å². The Balaban J connectivity index is 1.89. The summed E-state index contributed by atoms with van der Waals surface area (Å²) in [4.78, 5) is 14.5. The molecule has 0 N–H and O–H groups in total. The van der Waals surface area contributed by atoms with Crippen molar-refractivity contribution in [1.82, 2.24) is 0 Å². The maximum Gasteiger partial charge on any atom is 0.231 e. The predicted molar refractivity (Wildman–Crippen MR) is 96.9 cm³/mol. The monoisotopic (exact) mass is 359 g/mol. The lowest BCUT2D eigenvalue weighted by atomic mass is 10.0. The number of aryl methyl sites for hydroxylation is 1. The van der Waals surface area contributed by atoms with Gasteiger partial charge in [0.25, 0.3) is 0 Å². The van der Waals surface area contributed by atoms with Gasteiger partial charge in [-0.3, -0.25) is 4.79 Å². The van der Waals surface area contributed by atoms with Crippen LogP contribution in [0.5, 0.6) is 17.2 Å². The highest BCUT2D eigenvalue weighted by molar-refractivity contribution is 5.96. The van der Waals surface area contributed by atoms with E-state index in [2.05, 4.69) is 0 Å². The number of anilines is 1.